The SMILES string of the molecule is C=NCC(=O)NCc1cccc2c1C(=O)N(C1CCC(=O)NC1=O)C2=O. The first kappa shape index (κ1) is 17.5. The van der Waals surface area contributed by atoms with E-state index in [0.29, 0.717) is 5.56 Å². The van der Waals surface area contributed by atoms with E-state index >= 15 is 0 Å². The second kappa shape index (κ2) is 6.87. The summed E-state index contributed by atoms with van der Waals surface area (Å²) in [7, 11) is 0. The molecule has 2 N–H and O–H groups in total. The molecule has 1 unspecified atom stereocenters. The van der Waals surface area contributed by atoms with E-state index in [1.165, 1.54) is 6.07 Å². The topological polar surface area (TPSA) is 125 Å². The van der Waals surface area contributed by atoms with Gasteiger partial charge in [0.2, 0.25) is 17.7 Å². The number of benzene rings is 1. The quantitative estimate of drug-likeness (QED) is 0.539. The van der Waals surface area contributed by atoms with Crippen LogP contribution in [0.1, 0.15) is 39.1 Å². The van der Waals surface area contributed by atoms with Gasteiger partial charge in [-0.2, -0.15) is 0 Å². The first-order chi connectivity index (χ1) is 12.4. The van der Waals surface area contributed by atoms with Crippen LogP contribution in [-0.4, -0.2) is 53.7 Å². The molecule has 1 atom stereocenters. The van der Waals surface area contributed by atoms with Crippen LogP contribution in [0.3, 0.4) is 0 Å². The first-order valence-electron chi connectivity index (χ1n) is 7.96. The molecule has 2 aliphatic heterocycles. The maximum Gasteiger partial charge on any atom is 0.262 e. The molecular weight excluding hydrogens is 340 g/mol. The number of hydrogen-bond acceptors (Lipinski definition) is 6. The second-order valence-electron chi connectivity index (χ2n) is 5.95. The zero-order valence-electron chi connectivity index (χ0n) is 13.8. The van der Waals surface area contributed by atoms with Crippen molar-refractivity contribution in [3.8, 4) is 0 Å². The van der Waals surface area contributed by atoms with Crippen molar-refractivity contribution in [2.75, 3.05) is 6.54 Å². The molecule has 0 aromatic heterocycles. The minimum atomic E-state index is -1.02. The van der Waals surface area contributed by atoms with Crippen molar-refractivity contribution in [2.24, 2.45) is 4.99 Å². The average Bonchev–Trinajstić information content (AvgIpc) is 2.85. The summed E-state index contributed by atoms with van der Waals surface area (Å²) in [6.45, 7) is 3.17. The number of piperidine rings is 1. The van der Waals surface area contributed by atoms with Crippen LogP contribution in [0.2, 0.25) is 0 Å². The molecule has 26 heavy (non-hydrogen) atoms. The maximum atomic E-state index is 12.8. The Morgan fingerprint density at radius 1 is 1.27 bits per heavy atom. The van der Waals surface area contributed by atoms with E-state index in [1.807, 2.05) is 0 Å². The van der Waals surface area contributed by atoms with E-state index in [2.05, 4.69) is 22.3 Å². The highest BCUT2D eigenvalue weighted by Crippen LogP contribution is 2.29. The number of carbonyl (C=O) groups is 5. The van der Waals surface area contributed by atoms with E-state index < -0.39 is 29.7 Å². The van der Waals surface area contributed by atoms with Crippen molar-refractivity contribution in [2.45, 2.75) is 25.4 Å². The van der Waals surface area contributed by atoms with E-state index in [4.69, 9.17) is 0 Å². The molecule has 1 aromatic rings. The van der Waals surface area contributed by atoms with Gasteiger partial charge >= 0.3 is 0 Å². The highest BCUT2D eigenvalue weighted by molar-refractivity contribution is 6.24. The Morgan fingerprint density at radius 3 is 2.73 bits per heavy atom. The fraction of sp³-hybridized carbons (Fsp3) is 0.294. The number of nitrogens with one attached hydrogen (secondary N) is 2. The Hall–Kier alpha value is -3.36. The van der Waals surface area contributed by atoms with Crippen molar-refractivity contribution < 1.29 is 24.0 Å². The summed E-state index contributed by atoms with van der Waals surface area (Å²) in [6, 6.07) is 3.70. The Balaban J connectivity index is 1.87. The lowest BCUT2D eigenvalue weighted by Crippen LogP contribution is -2.54. The van der Waals surface area contributed by atoms with Gasteiger partial charge in [-0.15, -0.1) is 0 Å². The number of nitrogens with zero attached hydrogens (tertiary/aromatic N) is 2. The van der Waals surface area contributed by atoms with Crippen LogP contribution < -0.4 is 10.6 Å². The van der Waals surface area contributed by atoms with Crippen LogP contribution in [-0.2, 0) is 20.9 Å². The number of hydrogen-bond donors (Lipinski definition) is 2. The zero-order valence-corrected chi connectivity index (χ0v) is 13.8. The van der Waals surface area contributed by atoms with Gasteiger partial charge in [-0.05, 0) is 24.8 Å². The molecular formula is C17H16N4O5. The predicted octanol–water partition coefficient (Wildman–Crippen LogP) is -0.595. The molecule has 2 aliphatic rings. The van der Waals surface area contributed by atoms with Crippen LogP contribution in [0, 0.1) is 0 Å². The normalized spacial score (nSPS) is 19.2. The van der Waals surface area contributed by atoms with Crippen molar-refractivity contribution in [3.63, 3.8) is 0 Å². The summed E-state index contributed by atoms with van der Waals surface area (Å²) in [5.74, 6) is -2.65. The van der Waals surface area contributed by atoms with Crippen LogP contribution in [0.15, 0.2) is 23.2 Å². The van der Waals surface area contributed by atoms with Crippen LogP contribution in [0.5, 0.6) is 0 Å². The van der Waals surface area contributed by atoms with E-state index in [1.54, 1.807) is 12.1 Å². The van der Waals surface area contributed by atoms with Crippen molar-refractivity contribution in [1.82, 2.24) is 15.5 Å². The van der Waals surface area contributed by atoms with Gasteiger partial charge in [0.25, 0.3) is 11.8 Å². The summed E-state index contributed by atoms with van der Waals surface area (Å²) in [5.41, 5.74) is 0.801. The molecule has 3 rings (SSSR count). The summed E-state index contributed by atoms with van der Waals surface area (Å²) in [4.78, 5) is 64.8. The number of amides is 5. The third-order valence-electron chi connectivity index (χ3n) is 4.29. The summed E-state index contributed by atoms with van der Waals surface area (Å²) in [6.07, 6.45) is 0.147. The predicted molar refractivity (Wildman–Crippen MR) is 89.4 cm³/mol. The fourth-order valence-corrected chi connectivity index (χ4v) is 3.08. The Morgan fingerprint density at radius 2 is 2.04 bits per heavy atom. The lowest BCUT2D eigenvalue weighted by atomic mass is 10.0. The molecule has 9 nitrogen and oxygen atoms in total. The largest absolute Gasteiger partial charge is 0.350 e. The van der Waals surface area contributed by atoms with Gasteiger partial charge in [-0.25, -0.2) is 0 Å². The monoisotopic (exact) mass is 356 g/mol. The molecule has 1 aromatic carbocycles. The van der Waals surface area contributed by atoms with Gasteiger partial charge in [-0.3, -0.25) is 39.2 Å². The third kappa shape index (κ3) is 2.99. The van der Waals surface area contributed by atoms with Gasteiger partial charge < -0.3 is 5.32 Å². The smallest absolute Gasteiger partial charge is 0.262 e. The van der Waals surface area contributed by atoms with Gasteiger partial charge in [0.05, 0.1) is 11.1 Å². The Bertz CT molecular complexity index is 848. The highest BCUT2D eigenvalue weighted by atomic mass is 16.2. The van der Waals surface area contributed by atoms with Crippen LogP contribution >= 0.6 is 0 Å². The van der Waals surface area contributed by atoms with Gasteiger partial charge in [0.15, 0.2) is 0 Å². The minimum absolute atomic E-state index is 0.0414. The molecule has 0 radical (unpaired) electrons. The molecule has 2 heterocycles. The van der Waals surface area contributed by atoms with E-state index in [-0.39, 0.29) is 43.0 Å². The van der Waals surface area contributed by atoms with Crippen molar-refractivity contribution in [1.29, 1.82) is 0 Å². The third-order valence-corrected chi connectivity index (χ3v) is 4.29. The molecule has 1 fully saturated rings. The highest BCUT2D eigenvalue weighted by Gasteiger charge is 2.45. The van der Waals surface area contributed by atoms with Crippen LogP contribution in [0.25, 0.3) is 0 Å². The van der Waals surface area contributed by atoms with Crippen molar-refractivity contribution >= 4 is 36.3 Å². The molecule has 5 amide bonds. The Kier molecular flexibility index (Phi) is 4.61. The van der Waals surface area contributed by atoms with E-state index in [0.717, 1.165) is 4.90 Å². The second-order valence-corrected chi connectivity index (χ2v) is 5.95. The molecule has 0 saturated carbocycles. The molecule has 9 heteroatoms. The Labute approximate surface area is 148 Å². The lowest BCUT2D eigenvalue weighted by molar-refractivity contribution is -0.136. The van der Waals surface area contributed by atoms with Crippen molar-refractivity contribution in [3.05, 3.63) is 34.9 Å². The fourth-order valence-electron chi connectivity index (χ4n) is 3.08. The lowest BCUT2D eigenvalue weighted by Gasteiger charge is -2.27. The molecule has 0 spiro atoms. The zero-order chi connectivity index (χ0) is 18.8. The summed E-state index contributed by atoms with van der Waals surface area (Å²) < 4.78 is 0. The summed E-state index contributed by atoms with van der Waals surface area (Å²) >= 11 is 0. The van der Waals surface area contributed by atoms with E-state index in [9.17, 15) is 24.0 Å². The molecule has 134 valence electrons. The number of carbonyl (C=O) groups excluding carboxylic acids is 5. The maximum absolute atomic E-state index is 12.8. The average molecular weight is 356 g/mol. The van der Waals surface area contributed by atoms with Crippen LogP contribution in [0.4, 0.5) is 0 Å². The number of fused-ring (bicyclic) bond motifs is 1. The van der Waals surface area contributed by atoms with Gasteiger partial charge in [0.1, 0.15) is 12.6 Å². The summed E-state index contributed by atoms with van der Waals surface area (Å²) in [5, 5.41) is 4.74. The van der Waals surface area contributed by atoms with Gasteiger partial charge in [-0.1, -0.05) is 12.1 Å². The number of imide groups is 2. The molecule has 1 saturated heterocycles. The minimum Gasteiger partial charge on any atom is -0.350 e. The molecule has 0 aliphatic carbocycles. The number of aliphatic imine (C=N–C) groups is 1. The standard InChI is InChI=1S/C17H16N4O5/c1-18-8-13(23)19-7-9-3-2-4-10-14(9)17(26)21(16(10)25)11-5-6-12(22)20-15(11)24/h2-4,11H,1,5-8H2,(H,19,23)(H,20,22,24). The van der Waals surface area contributed by atoms with Gasteiger partial charge in [0, 0.05) is 13.0 Å². The first-order valence-corrected chi connectivity index (χ1v) is 7.96. The number of rotatable bonds is 5. The molecule has 0 bridgehead atoms.